The summed E-state index contributed by atoms with van der Waals surface area (Å²) in [7, 11) is 1.75. The molecule has 0 spiro atoms. The van der Waals surface area contributed by atoms with E-state index in [-0.39, 0.29) is 23.1 Å². The summed E-state index contributed by atoms with van der Waals surface area (Å²) < 4.78 is 1.23. The molecule has 0 radical (unpaired) electrons. The van der Waals surface area contributed by atoms with Crippen LogP contribution in [-0.4, -0.2) is 40.2 Å². The molecule has 0 fully saturated rings. The van der Waals surface area contributed by atoms with Crippen molar-refractivity contribution in [3.8, 4) is 5.69 Å². The number of benzene rings is 1. The molecule has 1 heterocycles. The van der Waals surface area contributed by atoms with Crippen LogP contribution in [0.25, 0.3) is 5.69 Å². The van der Waals surface area contributed by atoms with Crippen LogP contribution in [-0.2, 0) is 0 Å². The molecule has 0 bridgehead atoms. The largest absolute Gasteiger partial charge is 0.349 e. The summed E-state index contributed by atoms with van der Waals surface area (Å²) in [6, 6.07) is 7.25. The Balaban J connectivity index is 2.47. The van der Waals surface area contributed by atoms with Crippen LogP contribution in [0.1, 0.15) is 23.1 Å². The third-order valence-electron chi connectivity index (χ3n) is 3.69. The Bertz CT molecular complexity index is 862. The molecular formula is C16H19N5O4. The van der Waals surface area contributed by atoms with Gasteiger partial charge in [0, 0.05) is 30.4 Å². The average molecular weight is 345 g/mol. The molecule has 1 aromatic carbocycles. The number of nitrogens with zero attached hydrogens (tertiary/aromatic N) is 3. The summed E-state index contributed by atoms with van der Waals surface area (Å²) in [5.74, 6) is -0.626. The first-order valence-corrected chi connectivity index (χ1v) is 7.65. The van der Waals surface area contributed by atoms with E-state index in [4.69, 9.17) is 0 Å². The Morgan fingerprint density at radius 3 is 2.72 bits per heavy atom. The van der Waals surface area contributed by atoms with Crippen molar-refractivity contribution in [2.24, 2.45) is 0 Å². The number of aryl methyl sites for hydroxylation is 1. The molecule has 0 saturated heterocycles. The Hall–Kier alpha value is -3.07. The summed E-state index contributed by atoms with van der Waals surface area (Å²) in [6.07, 6.45) is 0. The number of nitro groups is 1. The second kappa shape index (κ2) is 7.67. The number of nitro benzene ring substituents is 1. The fraction of sp³-hybridized carbons (Fsp3) is 0.312. The summed E-state index contributed by atoms with van der Waals surface area (Å²) in [5, 5.41) is 20.8. The number of rotatable bonds is 6. The molecule has 2 rings (SSSR count). The highest BCUT2D eigenvalue weighted by molar-refractivity contribution is 5.92. The van der Waals surface area contributed by atoms with Crippen molar-refractivity contribution in [1.29, 1.82) is 0 Å². The van der Waals surface area contributed by atoms with Gasteiger partial charge in [0.1, 0.15) is 5.69 Å². The van der Waals surface area contributed by atoms with E-state index in [2.05, 4.69) is 15.7 Å². The Kier molecular flexibility index (Phi) is 5.60. The summed E-state index contributed by atoms with van der Waals surface area (Å²) >= 11 is 0. The van der Waals surface area contributed by atoms with E-state index < -0.39 is 16.3 Å². The second-order valence-electron chi connectivity index (χ2n) is 5.56. The van der Waals surface area contributed by atoms with Gasteiger partial charge in [0.05, 0.1) is 4.92 Å². The van der Waals surface area contributed by atoms with Gasteiger partial charge in [0.25, 0.3) is 11.6 Å². The van der Waals surface area contributed by atoms with Gasteiger partial charge in [-0.05, 0) is 27.0 Å². The molecule has 0 aliphatic rings. The molecule has 0 saturated carbocycles. The normalized spacial score (nSPS) is 11.8. The van der Waals surface area contributed by atoms with Crippen LogP contribution in [0.3, 0.4) is 0 Å². The number of nitrogens with one attached hydrogen (secondary N) is 2. The monoisotopic (exact) mass is 345 g/mol. The van der Waals surface area contributed by atoms with Crippen molar-refractivity contribution in [2.75, 3.05) is 13.6 Å². The van der Waals surface area contributed by atoms with Crippen molar-refractivity contribution >= 4 is 11.6 Å². The molecule has 2 N–H and O–H groups in total. The molecule has 132 valence electrons. The number of hydrogen-bond donors (Lipinski definition) is 2. The molecule has 0 aliphatic heterocycles. The summed E-state index contributed by atoms with van der Waals surface area (Å²) in [6.45, 7) is 3.78. The van der Waals surface area contributed by atoms with Crippen LogP contribution in [0.15, 0.2) is 35.1 Å². The molecule has 1 amide bonds. The van der Waals surface area contributed by atoms with Crippen LogP contribution in [0.5, 0.6) is 0 Å². The quantitative estimate of drug-likeness (QED) is 0.590. The predicted molar refractivity (Wildman–Crippen MR) is 92.1 cm³/mol. The van der Waals surface area contributed by atoms with Crippen LogP contribution in [0, 0.1) is 17.0 Å². The zero-order valence-corrected chi connectivity index (χ0v) is 14.1. The van der Waals surface area contributed by atoms with Crippen molar-refractivity contribution < 1.29 is 9.72 Å². The number of hydrogen-bond acceptors (Lipinski definition) is 6. The van der Waals surface area contributed by atoms with Gasteiger partial charge in [0.2, 0.25) is 5.43 Å². The number of carbonyl (C=O) groups excluding carboxylic acids is 1. The van der Waals surface area contributed by atoms with Gasteiger partial charge in [-0.2, -0.15) is 5.10 Å². The first-order valence-electron chi connectivity index (χ1n) is 7.65. The second-order valence-corrected chi connectivity index (χ2v) is 5.56. The lowest BCUT2D eigenvalue weighted by molar-refractivity contribution is -0.384. The third-order valence-corrected chi connectivity index (χ3v) is 3.69. The van der Waals surface area contributed by atoms with Crippen LogP contribution in [0.2, 0.25) is 0 Å². The molecule has 25 heavy (non-hydrogen) atoms. The Morgan fingerprint density at radius 2 is 2.08 bits per heavy atom. The standard InChI is InChI=1S/C16H19N5O4/c1-10(17-3)9-18-16(23)15-14(22)8-11(2)20(19-15)12-6-4-5-7-13(12)21(24)25/h4-8,10,17H,9H2,1-3H3,(H,18,23). The third kappa shape index (κ3) is 4.07. The van der Waals surface area contributed by atoms with Gasteiger partial charge in [-0.3, -0.25) is 19.7 Å². The summed E-state index contributed by atoms with van der Waals surface area (Å²) in [4.78, 5) is 35.0. The smallest absolute Gasteiger partial charge is 0.294 e. The average Bonchev–Trinajstić information content (AvgIpc) is 2.59. The maximum absolute atomic E-state index is 12.3. The van der Waals surface area contributed by atoms with Crippen LogP contribution >= 0.6 is 0 Å². The van der Waals surface area contributed by atoms with E-state index in [1.165, 1.54) is 28.9 Å². The van der Waals surface area contributed by atoms with E-state index in [9.17, 15) is 19.7 Å². The number of likely N-dealkylation sites (N-methyl/N-ethyl adjacent to an activating group) is 1. The van der Waals surface area contributed by atoms with Gasteiger partial charge >= 0.3 is 0 Å². The van der Waals surface area contributed by atoms with Crippen molar-refractivity contribution in [3.05, 3.63) is 62.1 Å². The van der Waals surface area contributed by atoms with Gasteiger partial charge < -0.3 is 10.6 Å². The number of aromatic nitrogens is 2. The lowest BCUT2D eigenvalue weighted by atomic mass is 10.2. The Morgan fingerprint density at radius 1 is 1.40 bits per heavy atom. The number of carbonyl (C=O) groups is 1. The van der Waals surface area contributed by atoms with E-state index >= 15 is 0 Å². The Labute approximate surface area is 143 Å². The fourth-order valence-electron chi connectivity index (χ4n) is 2.18. The SMILES string of the molecule is CNC(C)CNC(=O)c1nn(-c2ccccc2[N+](=O)[O-])c(C)cc1=O. The van der Waals surface area contributed by atoms with E-state index in [1.807, 2.05) is 6.92 Å². The molecule has 0 aliphatic carbocycles. The summed E-state index contributed by atoms with van der Waals surface area (Å²) in [5.41, 5.74) is -0.451. The molecule has 1 aromatic heterocycles. The van der Waals surface area contributed by atoms with Crippen LogP contribution < -0.4 is 16.1 Å². The van der Waals surface area contributed by atoms with Crippen LogP contribution in [0.4, 0.5) is 5.69 Å². The van der Waals surface area contributed by atoms with Gasteiger partial charge in [-0.1, -0.05) is 12.1 Å². The minimum Gasteiger partial charge on any atom is -0.349 e. The molecule has 2 aromatic rings. The highest BCUT2D eigenvalue weighted by atomic mass is 16.6. The lowest BCUT2D eigenvalue weighted by Gasteiger charge is -2.13. The van der Waals surface area contributed by atoms with Crippen molar-refractivity contribution in [3.63, 3.8) is 0 Å². The highest BCUT2D eigenvalue weighted by Crippen LogP contribution is 2.22. The number of amides is 1. The molecular weight excluding hydrogens is 326 g/mol. The first-order chi connectivity index (χ1) is 11.8. The zero-order valence-electron chi connectivity index (χ0n) is 14.1. The van der Waals surface area contributed by atoms with Crippen molar-refractivity contribution in [2.45, 2.75) is 19.9 Å². The topological polar surface area (TPSA) is 119 Å². The molecule has 9 heteroatoms. The predicted octanol–water partition coefficient (Wildman–Crippen LogP) is 0.787. The fourth-order valence-corrected chi connectivity index (χ4v) is 2.18. The molecule has 1 unspecified atom stereocenters. The molecule has 1 atom stereocenters. The van der Waals surface area contributed by atoms with Gasteiger partial charge in [0.15, 0.2) is 5.69 Å². The number of para-hydroxylation sites is 2. The zero-order chi connectivity index (χ0) is 18.6. The lowest BCUT2D eigenvalue weighted by Crippen LogP contribution is -2.39. The van der Waals surface area contributed by atoms with Gasteiger partial charge in [-0.15, -0.1) is 0 Å². The maximum Gasteiger partial charge on any atom is 0.294 e. The minimum atomic E-state index is -0.626. The van der Waals surface area contributed by atoms with Gasteiger partial charge in [-0.25, -0.2) is 4.68 Å². The van der Waals surface area contributed by atoms with E-state index in [0.717, 1.165) is 0 Å². The van der Waals surface area contributed by atoms with E-state index in [0.29, 0.717) is 12.2 Å². The minimum absolute atomic E-state index is 0.0202. The first kappa shape index (κ1) is 18.3. The molecule has 9 nitrogen and oxygen atoms in total. The van der Waals surface area contributed by atoms with Crippen molar-refractivity contribution in [1.82, 2.24) is 20.4 Å². The van der Waals surface area contributed by atoms with E-state index in [1.54, 1.807) is 20.0 Å². The highest BCUT2D eigenvalue weighted by Gasteiger charge is 2.20. The maximum atomic E-state index is 12.3.